The number of hydrogen-bond acceptors (Lipinski definition) is 18. The smallest absolute Gasteiger partial charge is 0.220 e. The molecule has 17 atom stereocenters. The number of ether oxygens (including phenoxy) is 6. The van der Waals surface area contributed by atoms with Gasteiger partial charge in [0.2, 0.25) is 5.91 Å². The van der Waals surface area contributed by atoms with E-state index in [2.05, 4.69) is 141 Å². The Morgan fingerprint density at radius 2 is 0.745 bits per heavy atom. The molecule has 0 radical (unpaired) electrons. The maximum Gasteiger partial charge on any atom is 0.220 e. The van der Waals surface area contributed by atoms with Crippen LogP contribution in [0.2, 0.25) is 0 Å². The molecule has 19 heteroatoms. The topological polar surface area (TPSA) is 307 Å². The van der Waals surface area contributed by atoms with Gasteiger partial charge in [-0.05, 0) is 109 Å². The van der Waals surface area contributed by atoms with Crippen LogP contribution in [-0.2, 0) is 33.2 Å². The summed E-state index contributed by atoms with van der Waals surface area (Å²) < 4.78 is 34.3. The number of amides is 1. The van der Waals surface area contributed by atoms with Gasteiger partial charge in [0.25, 0.3) is 0 Å². The van der Waals surface area contributed by atoms with E-state index in [1.54, 1.807) is 6.08 Å². The van der Waals surface area contributed by atoms with E-state index < -0.39 is 124 Å². The summed E-state index contributed by atoms with van der Waals surface area (Å²) in [5, 5.41) is 120. The Balaban J connectivity index is 1.41. The van der Waals surface area contributed by atoms with E-state index in [1.165, 1.54) is 44.9 Å². The van der Waals surface area contributed by atoms with Gasteiger partial charge in [0.1, 0.15) is 73.2 Å². The zero-order valence-corrected chi connectivity index (χ0v) is 56.6. The second-order valence-corrected chi connectivity index (χ2v) is 24.6. The summed E-state index contributed by atoms with van der Waals surface area (Å²) in [6.07, 6.45) is 49.9. The normalized spacial score (nSPS) is 28.2. The van der Waals surface area contributed by atoms with Crippen LogP contribution in [0.5, 0.6) is 0 Å². The molecule has 12 N–H and O–H groups in total. The van der Waals surface area contributed by atoms with Crippen molar-refractivity contribution in [2.75, 3.05) is 26.4 Å². The first-order valence-electron chi connectivity index (χ1n) is 35.4. The fraction of sp³-hybridized carbons (Fsp3) is 0.693. The van der Waals surface area contributed by atoms with Crippen molar-refractivity contribution in [3.8, 4) is 0 Å². The van der Waals surface area contributed by atoms with E-state index in [9.17, 15) is 61.0 Å². The van der Waals surface area contributed by atoms with E-state index in [1.807, 2.05) is 6.08 Å². The Hall–Kier alpha value is -4.07. The van der Waals surface area contributed by atoms with E-state index in [0.29, 0.717) is 12.8 Å². The number of rotatable bonds is 52. The van der Waals surface area contributed by atoms with E-state index >= 15 is 0 Å². The van der Waals surface area contributed by atoms with Crippen molar-refractivity contribution in [2.24, 2.45) is 0 Å². The first kappa shape index (κ1) is 84.2. The molecule has 0 bridgehead atoms. The molecule has 0 aromatic heterocycles. The van der Waals surface area contributed by atoms with Crippen molar-refractivity contribution in [3.05, 3.63) is 134 Å². The lowest BCUT2D eigenvalue weighted by atomic mass is 9.96. The van der Waals surface area contributed by atoms with Crippen LogP contribution in [0.15, 0.2) is 134 Å². The number of aliphatic hydroxyl groups excluding tert-OH is 11. The van der Waals surface area contributed by atoms with Crippen LogP contribution < -0.4 is 5.32 Å². The van der Waals surface area contributed by atoms with Crippen molar-refractivity contribution in [1.82, 2.24) is 5.32 Å². The summed E-state index contributed by atoms with van der Waals surface area (Å²) in [5.74, 6) is -0.305. The third kappa shape index (κ3) is 36.0. The number of unbranched alkanes of at least 4 members (excludes halogenated alkanes) is 16. The molecule has 3 heterocycles. The molecular weight excluding hydrogens is 1200 g/mol. The van der Waals surface area contributed by atoms with Gasteiger partial charge in [0.05, 0.1) is 38.6 Å². The maximum absolute atomic E-state index is 13.4. The second kappa shape index (κ2) is 54.9. The molecule has 536 valence electrons. The van der Waals surface area contributed by atoms with Crippen LogP contribution in [-0.4, -0.2) is 193 Å². The second-order valence-electron chi connectivity index (χ2n) is 24.6. The summed E-state index contributed by atoms with van der Waals surface area (Å²) in [4.78, 5) is 13.4. The van der Waals surface area contributed by atoms with E-state index in [-0.39, 0.29) is 18.9 Å². The molecule has 3 saturated heterocycles. The van der Waals surface area contributed by atoms with Crippen LogP contribution >= 0.6 is 0 Å². The molecule has 3 fully saturated rings. The minimum absolute atomic E-state index is 0.213. The molecule has 3 aliphatic heterocycles. The summed E-state index contributed by atoms with van der Waals surface area (Å²) in [6, 6.07) is -1.01. The fourth-order valence-corrected chi connectivity index (χ4v) is 10.9. The van der Waals surface area contributed by atoms with Crippen molar-refractivity contribution < 1.29 is 89.4 Å². The fourth-order valence-electron chi connectivity index (χ4n) is 10.9. The van der Waals surface area contributed by atoms with Crippen molar-refractivity contribution in [3.63, 3.8) is 0 Å². The van der Waals surface area contributed by atoms with Gasteiger partial charge in [-0.1, -0.05) is 218 Å². The van der Waals surface area contributed by atoms with E-state index in [4.69, 9.17) is 28.4 Å². The highest BCUT2D eigenvalue weighted by atomic mass is 16.8. The molecular formula is C75H123NO18. The SMILES string of the molecule is CC/C=C\C/C=C\C/C=C\C/C=C\C/C=C\C/C=C\C/C=C\C/C=C\CCCCCCCCCCC(=O)NC(COC1OC(CO)C(OC2OC(CO)C(OC3OC(CO)C(O)C(O)C3O)C(O)C2O)C(O)C1O)C(O)/C=C/CC/C=C/CC/C=C/CCCCCCCC. The van der Waals surface area contributed by atoms with Gasteiger partial charge in [0, 0.05) is 6.42 Å². The molecule has 0 aliphatic carbocycles. The van der Waals surface area contributed by atoms with Crippen LogP contribution in [0, 0.1) is 0 Å². The first-order valence-corrected chi connectivity index (χ1v) is 35.4. The highest BCUT2D eigenvalue weighted by molar-refractivity contribution is 5.76. The lowest BCUT2D eigenvalue weighted by Gasteiger charge is -2.48. The van der Waals surface area contributed by atoms with Gasteiger partial charge in [-0.25, -0.2) is 0 Å². The van der Waals surface area contributed by atoms with Crippen molar-refractivity contribution >= 4 is 5.91 Å². The lowest BCUT2D eigenvalue weighted by Crippen LogP contribution is -2.66. The maximum atomic E-state index is 13.4. The molecule has 3 rings (SSSR count). The number of carbonyl (C=O) groups is 1. The number of hydrogen-bond donors (Lipinski definition) is 12. The minimum atomic E-state index is -1.99. The highest BCUT2D eigenvalue weighted by Crippen LogP contribution is 2.33. The van der Waals surface area contributed by atoms with Crippen LogP contribution in [0.25, 0.3) is 0 Å². The Morgan fingerprint density at radius 3 is 1.19 bits per heavy atom. The Bertz CT molecular complexity index is 2220. The van der Waals surface area contributed by atoms with Gasteiger partial charge in [-0.2, -0.15) is 0 Å². The molecule has 3 aliphatic rings. The Kier molecular flexibility index (Phi) is 49.1. The third-order valence-corrected chi connectivity index (χ3v) is 16.7. The summed E-state index contributed by atoms with van der Waals surface area (Å²) in [6.45, 7) is 1.55. The van der Waals surface area contributed by atoms with E-state index in [0.717, 1.165) is 122 Å². The average Bonchev–Trinajstić information content (AvgIpc) is 0.787. The number of aliphatic hydroxyl groups is 11. The van der Waals surface area contributed by atoms with Gasteiger partial charge in [-0.3, -0.25) is 4.79 Å². The largest absolute Gasteiger partial charge is 0.394 e. The van der Waals surface area contributed by atoms with Crippen LogP contribution in [0.4, 0.5) is 0 Å². The standard InChI is InChI=1S/C75H123NO18/c1-3-5-7-9-11-13-15-17-19-21-22-23-24-25-26-27-28-29-30-31-32-33-34-35-36-37-39-41-43-45-47-49-51-53-63(81)76-58(59(80)52-50-48-46-44-42-40-38-20-18-16-14-12-10-8-6-4-2)57-89-73-69(87)66(84)71(61(55-78)91-73)94-75-70(88)67(85)72(62(56-79)92-75)93-74-68(86)65(83)64(82)60(54-77)90-74/h5,7,11,13,17-20,22-23,25-26,28-29,31-32,34-35,42,44,50,52,58-62,64-75,77-80,82-88H,3-4,6,8-10,12,14-16,21,24,27,30,33,36-41,43,45-49,51,53-57H2,1-2H3,(H,76,81)/b7-5-,13-11-,19-17-,20-18+,23-22-,26-25-,29-28-,32-31-,35-34-,44-42+,52-50+. The third-order valence-electron chi connectivity index (χ3n) is 16.7. The molecule has 94 heavy (non-hydrogen) atoms. The number of nitrogens with one attached hydrogen (secondary N) is 1. The molecule has 0 aromatic rings. The quantitative estimate of drug-likeness (QED) is 0.0199. The number of allylic oxidation sites excluding steroid dienone is 21. The predicted octanol–water partition coefficient (Wildman–Crippen LogP) is 9.77. The summed E-state index contributed by atoms with van der Waals surface area (Å²) >= 11 is 0. The van der Waals surface area contributed by atoms with Gasteiger partial charge >= 0.3 is 0 Å². The molecule has 19 nitrogen and oxygen atoms in total. The van der Waals surface area contributed by atoms with Crippen molar-refractivity contribution in [2.45, 2.75) is 304 Å². The first-order chi connectivity index (χ1) is 45.8. The monoisotopic (exact) mass is 1330 g/mol. The Morgan fingerprint density at radius 1 is 0.394 bits per heavy atom. The molecule has 0 spiro atoms. The Labute approximate surface area is 562 Å². The summed E-state index contributed by atoms with van der Waals surface area (Å²) in [7, 11) is 0. The molecule has 1 amide bonds. The zero-order chi connectivity index (χ0) is 68.2. The number of carbonyl (C=O) groups excluding carboxylic acids is 1. The van der Waals surface area contributed by atoms with Gasteiger partial charge in [0.15, 0.2) is 18.9 Å². The van der Waals surface area contributed by atoms with Crippen LogP contribution in [0.3, 0.4) is 0 Å². The average molecular weight is 1330 g/mol. The minimum Gasteiger partial charge on any atom is -0.394 e. The zero-order valence-electron chi connectivity index (χ0n) is 56.6. The van der Waals surface area contributed by atoms with Crippen molar-refractivity contribution in [1.29, 1.82) is 0 Å². The highest BCUT2D eigenvalue weighted by Gasteiger charge is 2.53. The molecule has 0 saturated carbocycles. The molecule has 17 unspecified atom stereocenters. The van der Waals surface area contributed by atoms with Gasteiger partial charge in [-0.15, -0.1) is 0 Å². The predicted molar refractivity (Wildman–Crippen MR) is 369 cm³/mol. The van der Waals surface area contributed by atoms with Gasteiger partial charge < -0.3 is 89.9 Å². The van der Waals surface area contributed by atoms with Crippen LogP contribution in [0.1, 0.15) is 200 Å². The molecule has 0 aromatic carbocycles. The summed E-state index contributed by atoms with van der Waals surface area (Å²) in [5.41, 5.74) is 0. The lowest BCUT2D eigenvalue weighted by molar-refractivity contribution is -0.379.